The van der Waals surface area contributed by atoms with E-state index >= 15 is 0 Å². The van der Waals surface area contributed by atoms with Gasteiger partial charge in [0, 0.05) is 19.2 Å². The van der Waals surface area contributed by atoms with Crippen LogP contribution in [0.3, 0.4) is 0 Å². The summed E-state index contributed by atoms with van der Waals surface area (Å²) in [5, 5.41) is 5.77. The number of nitrogens with one attached hydrogen (secondary N) is 2. The molecule has 0 radical (unpaired) electrons. The standard InChI is InChI=1S/C18H19F2N3O/c1-11-7-8-21-10-13(11)12-5-6-16(22-9-12)23-18(24)17-14(19)3-2-4-15(17)20/h3,5-6,9,21H,2,4,7-8,10H2,1H3,(H,22,23,24). The van der Waals surface area contributed by atoms with Crippen molar-refractivity contribution in [3.63, 3.8) is 0 Å². The maximum atomic E-state index is 13.7. The minimum atomic E-state index is -0.818. The second-order valence-corrected chi connectivity index (χ2v) is 5.94. The summed E-state index contributed by atoms with van der Waals surface area (Å²) in [6.07, 6.45) is 4.19. The lowest BCUT2D eigenvalue weighted by atomic mass is 9.97. The van der Waals surface area contributed by atoms with Gasteiger partial charge in [-0.1, -0.05) is 5.57 Å². The lowest BCUT2D eigenvalue weighted by molar-refractivity contribution is -0.112. The predicted molar refractivity (Wildman–Crippen MR) is 89.5 cm³/mol. The Hall–Kier alpha value is -2.34. The van der Waals surface area contributed by atoms with Gasteiger partial charge in [-0.25, -0.2) is 13.8 Å². The molecule has 126 valence electrons. The van der Waals surface area contributed by atoms with E-state index < -0.39 is 23.1 Å². The molecule has 0 bridgehead atoms. The third-order valence-electron chi connectivity index (χ3n) is 4.27. The number of anilines is 1. The second-order valence-electron chi connectivity index (χ2n) is 5.94. The molecule has 1 aliphatic heterocycles. The molecule has 1 aromatic rings. The summed E-state index contributed by atoms with van der Waals surface area (Å²) in [6.45, 7) is 3.85. The molecule has 0 spiro atoms. The SMILES string of the molecule is CC1=C(c2ccc(NC(=O)C3=C(F)CCC=C3F)nc2)CNCC1. The molecule has 0 saturated carbocycles. The number of carbonyl (C=O) groups is 1. The molecule has 3 rings (SSSR count). The van der Waals surface area contributed by atoms with E-state index in [9.17, 15) is 13.6 Å². The Morgan fingerprint density at radius 3 is 2.79 bits per heavy atom. The van der Waals surface area contributed by atoms with Crippen molar-refractivity contribution in [3.05, 3.63) is 52.8 Å². The quantitative estimate of drug-likeness (QED) is 0.889. The fraction of sp³-hybridized carbons (Fsp3) is 0.333. The molecule has 6 heteroatoms. The van der Waals surface area contributed by atoms with Crippen LogP contribution in [0, 0.1) is 0 Å². The van der Waals surface area contributed by atoms with Crippen LogP contribution < -0.4 is 10.6 Å². The second kappa shape index (κ2) is 7.05. The number of halogens is 2. The third-order valence-corrected chi connectivity index (χ3v) is 4.27. The number of amides is 1. The predicted octanol–water partition coefficient (Wildman–Crippen LogP) is 3.66. The lowest BCUT2D eigenvalue weighted by Gasteiger charge is -2.19. The Morgan fingerprint density at radius 1 is 1.29 bits per heavy atom. The number of pyridine rings is 1. The molecule has 0 fully saturated rings. The summed E-state index contributed by atoms with van der Waals surface area (Å²) in [5.41, 5.74) is 2.96. The number of allylic oxidation sites excluding steroid dienone is 2. The van der Waals surface area contributed by atoms with E-state index in [1.807, 2.05) is 6.07 Å². The number of rotatable bonds is 3. The maximum absolute atomic E-state index is 13.7. The average molecular weight is 331 g/mol. The molecule has 2 heterocycles. The van der Waals surface area contributed by atoms with Crippen molar-refractivity contribution in [3.8, 4) is 0 Å². The first-order valence-corrected chi connectivity index (χ1v) is 7.98. The van der Waals surface area contributed by atoms with Crippen LogP contribution in [0.25, 0.3) is 5.57 Å². The van der Waals surface area contributed by atoms with E-state index in [2.05, 4.69) is 22.5 Å². The molecule has 0 saturated heterocycles. The van der Waals surface area contributed by atoms with Gasteiger partial charge in [0.1, 0.15) is 23.0 Å². The summed E-state index contributed by atoms with van der Waals surface area (Å²) in [7, 11) is 0. The van der Waals surface area contributed by atoms with Gasteiger partial charge in [-0.2, -0.15) is 0 Å². The van der Waals surface area contributed by atoms with Crippen LogP contribution in [0.4, 0.5) is 14.6 Å². The summed E-state index contributed by atoms with van der Waals surface area (Å²) in [6, 6.07) is 3.50. The third kappa shape index (κ3) is 3.43. The van der Waals surface area contributed by atoms with Crippen LogP contribution in [-0.2, 0) is 4.79 Å². The molecule has 2 N–H and O–H groups in total. The number of hydrogen-bond acceptors (Lipinski definition) is 3. The van der Waals surface area contributed by atoms with E-state index in [0.717, 1.165) is 25.1 Å². The highest BCUT2D eigenvalue weighted by Gasteiger charge is 2.23. The summed E-state index contributed by atoms with van der Waals surface area (Å²) in [5.74, 6) is -2.08. The topological polar surface area (TPSA) is 54.0 Å². The molecule has 0 aromatic carbocycles. The minimum absolute atomic E-state index is 0.0446. The van der Waals surface area contributed by atoms with Crippen LogP contribution in [0.1, 0.15) is 31.7 Å². The first-order chi connectivity index (χ1) is 11.6. The molecule has 1 aliphatic carbocycles. The highest BCUT2D eigenvalue weighted by atomic mass is 19.1. The Bertz CT molecular complexity index is 748. The Morgan fingerprint density at radius 2 is 2.12 bits per heavy atom. The molecule has 1 amide bonds. The Kier molecular flexibility index (Phi) is 4.85. The monoisotopic (exact) mass is 331 g/mol. The van der Waals surface area contributed by atoms with E-state index in [0.29, 0.717) is 0 Å². The van der Waals surface area contributed by atoms with Gasteiger partial charge in [0.2, 0.25) is 0 Å². The molecule has 0 atom stereocenters. The van der Waals surface area contributed by atoms with Gasteiger partial charge in [0.15, 0.2) is 0 Å². The molecule has 24 heavy (non-hydrogen) atoms. The zero-order valence-electron chi connectivity index (χ0n) is 13.5. The molecule has 1 aromatic heterocycles. The minimum Gasteiger partial charge on any atom is -0.312 e. The van der Waals surface area contributed by atoms with Gasteiger partial charge in [-0.3, -0.25) is 4.79 Å². The Balaban J connectivity index is 1.75. The molecule has 2 aliphatic rings. The normalized spacial score (nSPS) is 18.5. The van der Waals surface area contributed by atoms with E-state index in [4.69, 9.17) is 0 Å². The van der Waals surface area contributed by atoms with Crippen molar-refractivity contribution in [1.82, 2.24) is 10.3 Å². The molecular weight excluding hydrogens is 312 g/mol. The van der Waals surface area contributed by atoms with Gasteiger partial charge in [0.25, 0.3) is 5.91 Å². The zero-order chi connectivity index (χ0) is 17.1. The number of nitrogens with zero attached hydrogens (tertiary/aromatic N) is 1. The lowest BCUT2D eigenvalue weighted by Crippen LogP contribution is -2.23. The van der Waals surface area contributed by atoms with Crippen LogP contribution >= 0.6 is 0 Å². The highest BCUT2D eigenvalue weighted by molar-refractivity contribution is 6.06. The summed E-state index contributed by atoms with van der Waals surface area (Å²) >= 11 is 0. The van der Waals surface area contributed by atoms with Gasteiger partial charge >= 0.3 is 0 Å². The van der Waals surface area contributed by atoms with Crippen LogP contribution in [-0.4, -0.2) is 24.0 Å². The van der Waals surface area contributed by atoms with Crippen molar-refractivity contribution >= 4 is 17.3 Å². The zero-order valence-corrected chi connectivity index (χ0v) is 13.5. The van der Waals surface area contributed by atoms with Crippen molar-refractivity contribution in [2.75, 3.05) is 18.4 Å². The van der Waals surface area contributed by atoms with Crippen molar-refractivity contribution < 1.29 is 13.6 Å². The molecule has 4 nitrogen and oxygen atoms in total. The van der Waals surface area contributed by atoms with Crippen LogP contribution in [0.5, 0.6) is 0 Å². The number of carbonyl (C=O) groups excluding carboxylic acids is 1. The van der Waals surface area contributed by atoms with Crippen molar-refractivity contribution in [1.29, 1.82) is 0 Å². The fourth-order valence-electron chi connectivity index (χ4n) is 2.88. The molecule has 0 unspecified atom stereocenters. The summed E-state index contributed by atoms with van der Waals surface area (Å²) < 4.78 is 27.4. The van der Waals surface area contributed by atoms with E-state index in [1.165, 1.54) is 17.2 Å². The van der Waals surface area contributed by atoms with E-state index in [-0.39, 0.29) is 18.7 Å². The smallest absolute Gasteiger partial charge is 0.262 e. The number of hydrogen-bond donors (Lipinski definition) is 2. The first kappa shape index (κ1) is 16.5. The van der Waals surface area contributed by atoms with Gasteiger partial charge in [0.05, 0.1) is 0 Å². The Labute approximate surface area is 139 Å². The molecular formula is C18H19F2N3O. The van der Waals surface area contributed by atoms with Crippen LogP contribution in [0.2, 0.25) is 0 Å². The number of aromatic nitrogens is 1. The highest BCUT2D eigenvalue weighted by Crippen LogP contribution is 2.28. The summed E-state index contributed by atoms with van der Waals surface area (Å²) in [4.78, 5) is 16.3. The van der Waals surface area contributed by atoms with Gasteiger partial charge in [-0.05, 0) is 55.7 Å². The van der Waals surface area contributed by atoms with E-state index in [1.54, 1.807) is 12.3 Å². The van der Waals surface area contributed by atoms with Gasteiger partial charge in [-0.15, -0.1) is 0 Å². The van der Waals surface area contributed by atoms with Crippen molar-refractivity contribution in [2.45, 2.75) is 26.2 Å². The van der Waals surface area contributed by atoms with Crippen molar-refractivity contribution in [2.24, 2.45) is 0 Å². The van der Waals surface area contributed by atoms with Crippen LogP contribution in [0.15, 0.2) is 47.2 Å². The maximum Gasteiger partial charge on any atom is 0.262 e. The fourth-order valence-corrected chi connectivity index (χ4v) is 2.88. The van der Waals surface area contributed by atoms with Gasteiger partial charge < -0.3 is 10.6 Å². The largest absolute Gasteiger partial charge is 0.312 e. The first-order valence-electron chi connectivity index (χ1n) is 7.98. The average Bonchev–Trinajstić information content (AvgIpc) is 2.56.